The number of carbonyl (C=O) groups excluding carboxylic acids is 2. The Hall–Kier alpha value is -2.92. The lowest BCUT2D eigenvalue weighted by Gasteiger charge is -2.36. The number of rotatable bonds is 6. The number of aromatic nitrogens is 1. The van der Waals surface area contributed by atoms with Gasteiger partial charge in [-0.15, -0.1) is 0 Å². The molecule has 1 aromatic heterocycles. The van der Waals surface area contributed by atoms with Crippen molar-refractivity contribution >= 4 is 34.4 Å². The molecule has 1 fully saturated rings. The summed E-state index contributed by atoms with van der Waals surface area (Å²) in [6.07, 6.45) is 2.92. The fraction of sp³-hybridized carbons (Fsp3) is 0.393. The van der Waals surface area contributed by atoms with E-state index in [-0.39, 0.29) is 6.10 Å². The fourth-order valence-corrected chi connectivity index (χ4v) is 4.89. The van der Waals surface area contributed by atoms with Crippen molar-refractivity contribution in [2.24, 2.45) is 17.8 Å². The summed E-state index contributed by atoms with van der Waals surface area (Å²) in [5.41, 5.74) is 2.48. The molecule has 1 aliphatic carbocycles. The van der Waals surface area contributed by atoms with E-state index < -0.39 is 18.5 Å². The first kappa shape index (κ1) is 24.2. The van der Waals surface area contributed by atoms with E-state index in [0.29, 0.717) is 44.9 Å². The third kappa shape index (κ3) is 5.58. The Kier molecular flexibility index (Phi) is 7.52. The van der Waals surface area contributed by atoms with Crippen LogP contribution >= 0.6 is 11.6 Å². The van der Waals surface area contributed by atoms with Crippen molar-refractivity contribution in [2.75, 3.05) is 6.61 Å². The van der Waals surface area contributed by atoms with Crippen molar-refractivity contribution in [3.63, 3.8) is 0 Å². The van der Waals surface area contributed by atoms with Gasteiger partial charge in [0.1, 0.15) is 6.10 Å². The van der Waals surface area contributed by atoms with Gasteiger partial charge in [0.25, 0.3) is 0 Å². The minimum atomic E-state index is -0.580. The molecule has 1 saturated carbocycles. The van der Waals surface area contributed by atoms with E-state index in [0.717, 1.165) is 24.8 Å². The number of halogens is 1. The number of esters is 2. The van der Waals surface area contributed by atoms with Gasteiger partial charge in [0.2, 0.25) is 0 Å². The predicted molar refractivity (Wildman–Crippen MR) is 134 cm³/mol. The first-order valence-electron chi connectivity index (χ1n) is 11.8. The van der Waals surface area contributed by atoms with Crippen LogP contribution in [0.4, 0.5) is 0 Å². The molecule has 1 aliphatic rings. The van der Waals surface area contributed by atoms with Crippen LogP contribution in [0.5, 0.6) is 0 Å². The number of ether oxygens (including phenoxy) is 2. The van der Waals surface area contributed by atoms with Gasteiger partial charge in [-0.2, -0.15) is 0 Å². The highest BCUT2D eigenvalue weighted by atomic mass is 35.5. The molecule has 178 valence electrons. The summed E-state index contributed by atoms with van der Waals surface area (Å²) in [6.45, 7) is 6.09. The molecule has 0 saturated heterocycles. The second-order valence-electron chi connectivity index (χ2n) is 9.51. The van der Waals surface area contributed by atoms with Gasteiger partial charge in [0.05, 0.1) is 16.8 Å². The van der Waals surface area contributed by atoms with Crippen LogP contribution in [0.2, 0.25) is 5.02 Å². The molecule has 0 N–H and O–H groups in total. The Morgan fingerprint density at radius 1 is 1.09 bits per heavy atom. The van der Waals surface area contributed by atoms with Crippen molar-refractivity contribution in [3.8, 4) is 11.3 Å². The summed E-state index contributed by atoms with van der Waals surface area (Å²) in [6, 6.07) is 16.3. The second kappa shape index (κ2) is 10.6. The monoisotopic (exact) mass is 479 g/mol. The third-order valence-corrected chi connectivity index (χ3v) is 6.89. The Morgan fingerprint density at radius 2 is 1.82 bits per heavy atom. The summed E-state index contributed by atoms with van der Waals surface area (Å²) in [4.78, 5) is 30.3. The van der Waals surface area contributed by atoms with Crippen LogP contribution in [0.15, 0.2) is 54.6 Å². The van der Waals surface area contributed by atoms with Crippen molar-refractivity contribution in [1.82, 2.24) is 4.98 Å². The van der Waals surface area contributed by atoms with Crippen LogP contribution in [0.3, 0.4) is 0 Å². The smallest absolute Gasteiger partial charge is 0.344 e. The highest BCUT2D eigenvalue weighted by Gasteiger charge is 2.33. The van der Waals surface area contributed by atoms with Crippen LogP contribution in [-0.4, -0.2) is 29.6 Å². The molecule has 6 heteroatoms. The van der Waals surface area contributed by atoms with Gasteiger partial charge in [-0.1, -0.05) is 69.1 Å². The van der Waals surface area contributed by atoms with E-state index in [1.807, 2.05) is 36.4 Å². The lowest BCUT2D eigenvalue weighted by atomic mass is 9.75. The van der Waals surface area contributed by atoms with Gasteiger partial charge in [-0.3, -0.25) is 0 Å². The van der Waals surface area contributed by atoms with Crippen LogP contribution in [0.25, 0.3) is 22.2 Å². The maximum Gasteiger partial charge on any atom is 0.344 e. The van der Waals surface area contributed by atoms with Crippen LogP contribution in [0.1, 0.15) is 50.4 Å². The molecule has 0 unspecified atom stereocenters. The molecular weight excluding hydrogens is 450 g/mol. The van der Waals surface area contributed by atoms with E-state index >= 15 is 0 Å². The molecule has 3 atom stereocenters. The zero-order valence-corrected chi connectivity index (χ0v) is 20.5. The number of benzene rings is 2. The zero-order chi connectivity index (χ0) is 24.2. The highest BCUT2D eigenvalue weighted by Crippen LogP contribution is 2.35. The van der Waals surface area contributed by atoms with Crippen molar-refractivity contribution in [3.05, 3.63) is 65.2 Å². The Balaban J connectivity index is 1.50. The Labute approximate surface area is 205 Å². The molecule has 0 bridgehead atoms. The maximum atomic E-state index is 13.0. The SMILES string of the molecule is CC(C)[C@H]1CC[C@@H](C)C[C@H]1OC(=O)COC(=O)c1cc(-c2ccc(Cl)cc2)nc2ccccc12. The van der Waals surface area contributed by atoms with Gasteiger partial charge in [0.15, 0.2) is 6.61 Å². The fourth-order valence-electron chi connectivity index (χ4n) is 4.77. The van der Waals surface area contributed by atoms with E-state index in [2.05, 4.69) is 25.8 Å². The first-order valence-corrected chi connectivity index (χ1v) is 12.2. The lowest BCUT2D eigenvalue weighted by Crippen LogP contribution is -2.36. The predicted octanol–water partition coefficient (Wildman–Crippen LogP) is 6.72. The molecule has 0 aliphatic heterocycles. The molecule has 4 rings (SSSR count). The summed E-state index contributed by atoms with van der Waals surface area (Å²) in [7, 11) is 0. The number of nitrogens with zero attached hydrogens (tertiary/aromatic N) is 1. The molecule has 1 heterocycles. The minimum absolute atomic E-state index is 0.131. The molecule has 2 aromatic carbocycles. The Bertz CT molecular complexity index is 1170. The number of fused-ring (bicyclic) bond motifs is 1. The summed E-state index contributed by atoms with van der Waals surface area (Å²) < 4.78 is 11.2. The summed E-state index contributed by atoms with van der Waals surface area (Å²) in [5.74, 6) is 0.201. The van der Waals surface area contributed by atoms with E-state index in [4.69, 9.17) is 21.1 Å². The Morgan fingerprint density at radius 3 is 2.56 bits per heavy atom. The number of para-hydroxylation sites is 1. The number of carbonyl (C=O) groups is 2. The van der Waals surface area contributed by atoms with Crippen molar-refractivity contribution in [2.45, 2.75) is 46.1 Å². The quantitative estimate of drug-likeness (QED) is 0.367. The molecule has 3 aromatic rings. The number of hydrogen-bond donors (Lipinski definition) is 0. The topological polar surface area (TPSA) is 65.5 Å². The average Bonchev–Trinajstić information content (AvgIpc) is 2.82. The molecule has 5 nitrogen and oxygen atoms in total. The zero-order valence-electron chi connectivity index (χ0n) is 19.8. The molecule has 0 amide bonds. The normalized spacial score (nSPS) is 20.3. The lowest BCUT2D eigenvalue weighted by molar-refractivity contribution is -0.159. The largest absolute Gasteiger partial charge is 0.460 e. The van der Waals surface area contributed by atoms with E-state index in [9.17, 15) is 9.59 Å². The molecule has 0 spiro atoms. The summed E-state index contributed by atoms with van der Waals surface area (Å²) >= 11 is 6.01. The van der Waals surface area contributed by atoms with Gasteiger partial charge >= 0.3 is 11.9 Å². The van der Waals surface area contributed by atoms with Gasteiger partial charge < -0.3 is 9.47 Å². The van der Waals surface area contributed by atoms with Gasteiger partial charge in [-0.05, 0) is 54.9 Å². The van der Waals surface area contributed by atoms with Crippen LogP contribution in [-0.2, 0) is 14.3 Å². The standard InChI is InChI=1S/C28H30ClNO4/c1-17(2)21-13-8-18(3)14-26(21)34-27(31)16-33-28(32)23-15-25(19-9-11-20(29)12-10-19)30-24-7-5-4-6-22(23)24/h4-7,9-12,15,17-18,21,26H,8,13-14,16H2,1-3H3/t18-,21-,26-/m1/s1. The first-order chi connectivity index (χ1) is 16.3. The maximum absolute atomic E-state index is 13.0. The third-order valence-electron chi connectivity index (χ3n) is 6.64. The average molecular weight is 480 g/mol. The molecular formula is C28H30ClNO4. The van der Waals surface area contributed by atoms with Crippen molar-refractivity contribution in [1.29, 1.82) is 0 Å². The van der Waals surface area contributed by atoms with Crippen molar-refractivity contribution < 1.29 is 19.1 Å². The number of hydrogen-bond acceptors (Lipinski definition) is 5. The second-order valence-corrected chi connectivity index (χ2v) is 9.95. The van der Waals surface area contributed by atoms with Gasteiger partial charge in [0, 0.05) is 16.0 Å². The van der Waals surface area contributed by atoms with Gasteiger partial charge in [-0.25, -0.2) is 14.6 Å². The highest BCUT2D eigenvalue weighted by molar-refractivity contribution is 6.30. The number of pyridine rings is 1. The molecule has 34 heavy (non-hydrogen) atoms. The van der Waals surface area contributed by atoms with Crippen LogP contribution < -0.4 is 0 Å². The van der Waals surface area contributed by atoms with E-state index in [1.165, 1.54) is 0 Å². The minimum Gasteiger partial charge on any atom is -0.460 e. The summed E-state index contributed by atoms with van der Waals surface area (Å²) in [5, 5.41) is 1.29. The van der Waals surface area contributed by atoms with Crippen LogP contribution in [0, 0.1) is 17.8 Å². The van der Waals surface area contributed by atoms with E-state index in [1.54, 1.807) is 18.2 Å². The molecule has 0 radical (unpaired) electrons.